The molecule has 1 heterocycles. The third-order valence-electron chi connectivity index (χ3n) is 2.76. The van der Waals surface area contributed by atoms with Crippen molar-refractivity contribution in [3.05, 3.63) is 18.2 Å². The van der Waals surface area contributed by atoms with Crippen LogP contribution < -0.4 is 14.8 Å². The lowest BCUT2D eigenvalue weighted by molar-refractivity contribution is 0.171. The molecule has 106 valence electrons. The number of hydrogen-bond donors (Lipinski definition) is 1. The summed E-state index contributed by atoms with van der Waals surface area (Å²) >= 11 is 1.83. The fourth-order valence-electron chi connectivity index (χ4n) is 1.82. The van der Waals surface area contributed by atoms with Crippen molar-refractivity contribution in [2.45, 2.75) is 11.3 Å². The van der Waals surface area contributed by atoms with Gasteiger partial charge >= 0.3 is 0 Å². The van der Waals surface area contributed by atoms with E-state index >= 15 is 0 Å². The van der Waals surface area contributed by atoms with E-state index in [0.717, 1.165) is 43.4 Å². The molecule has 0 radical (unpaired) electrons. The second-order valence-corrected chi connectivity index (χ2v) is 5.42. The highest BCUT2D eigenvalue weighted by molar-refractivity contribution is 7.99. The highest BCUT2D eigenvalue weighted by atomic mass is 32.2. The second-order valence-electron chi connectivity index (χ2n) is 4.25. The Balaban J connectivity index is 1.66. The highest BCUT2D eigenvalue weighted by Gasteiger charge is 2.11. The van der Waals surface area contributed by atoms with E-state index < -0.39 is 0 Å². The number of benzene rings is 1. The van der Waals surface area contributed by atoms with E-state index in [9.17, 15) is 0 Å². The maximum Gasteiger partial charge on any atom is 0.162 e. The standard InChI is InChI=1S/C14H21NO3S/c1-16-7-2-5-15-6-10-19-12-3-4-13-14(11-12)18-9-8-17-13/h3-4,11,15H,2,5-10H2,1H3. The van der Waals surface area contributed by atoms with Gasteiger partial charge in [-0.3, -0.25) is 0 Å². The minimum Gasteiger partial charge on any atom is -0.486 e. The normalized spacial score (nSPS) is 13.5. The van der Waals surface area contributed by atoms with Crippen LogP contribution in [-0.2, 0) is 4.74 Å². The Morgan fingerprint density at radius 3 is 2.89 bits per heavy atom. The Bertz CT molecular complexity index is 387. The lowest BCUT2D eigenvalue weighted by Gasteiger charge is -2.18. The van der Waals surface area contributed by atoms with Crippen molar-refractivity contribution in [3.63, 3.8) is 0 Å². The summed E-state index contributed by atoms with van der Waals surface area (Å²) in [6, 6.07) is 6.13. The van der Waals surface area contributed by atoms with Gasteiger partial charge in [-0.25, -0.2) is 0 Å². The molecule has 0 aliphatic carbocycles. The molecule has 4 nitrogen and oxygen atoms in total. The predicted octanol–water partition coefficient (Wildman–Crippen LogP) is 2.18. The van der Waals surface area contributed by atoms with Crippen LogP contribution in [-0.4, -0.2) is 45.8 Å². The van der Waals surface area contributed by atoms with Gasteiger partial charge in [0.05, 0.1) is 0 Å². The van der Waals surface area contributed by atoms with E-state index in [2.05, 4.69) is 17.4 Å². The summed E-state index contributed by atoms with van der Waals surface area (Å²) < 4.78 is 16.1. The van der Waals surface area contributed by atoms with Crippen LogP contribution in [0.1, 0.15) is 6.42 Å². The average molecular weight is 283 g/mol. The number of ether oxygens (including phenoxy) is 3. The molecule has 1 N–H and O–H groups in total. The zero-order valence-electron chi connectivity index (χ0n) is 11.3. The van der Waals surface area contributed by atoms with Gasteiger partial charge in [0, 0.05) is 30.9 Å². The van der Waals surface area contributed by atoms with Gasteiger partial charge in [-0.05, 0) is 31.2 Å². The summed E-state index contributed by atoms with van der Waals surface area (Å²) in [5, 5.41) is 3.40. The summed E-state index contributed by atoms with van der Waals surface area (Å²) in [6.45, 7) is 4.12. The third-order valence-corrected chi connectivity index (χ3v) is 3.76. The van der Waals surface area contributed by atoms with E-state index in [1.165, 1.54) is 4.90 Å². The number of thioether (sulfide) groups is 1. The van der Waals surface area contributed by atoms with Crippen LogP contribution in [0.15, 0.2) is 23.1 Å². The number of nitrogens with one attached hydrogen (secondary N) is 1. The van der Waals surface area contributed by atoms with E-state index in [1.54, 1.807) is 7.11 Å². The summed E-state index contributed by atoms with van der Waals surface area (Å²) in [5.41, 5.74) is 0. The fourth-order valence-corrected chi connectivity index (χ4v) is 2.66. The van der Waals surface area contributed by atoms with Gasteiger partial charge in [0.25, 0.3) is 0 Å². The van der Waals surface area contributed by atoms with Gasteiger partial charge in [-0.2, -0.15) is 0 Å². The Kier molecular flexibility index (Phi) is 6.33. The van der Waals surface area contributed by atoms with Gasteiger partial charge in [-0.15, -0.1) is 11.8 Å². The molecule has 0 bridgehead atoms. The summed E-state index contributed by atoms with van der Waals surface area (Å²) in [6.07, 6.45) is 1.06. The number of methoxy groups -OCH3 is 1. The molecule has 5 heteroatoms. The van der Waals surface area contributed by atoms with Crippen LogP contribution in [0.4, 0.5) is 0 Å². The van der Waals surface area contributed by atoms with Gasteiger partial charge in [0.2, 0.25) is 0 Å². The van der Waals surface area contributed by atoms with Crippen molar-refractivity contribution in [2.75, 3.05) is 45.8 Å². The number of rotatable bonds is 8. The smallest absolute Gasteiger partial charge is 0.162 e. The molecule has 0 amide bonds. The monoisotopic (exact) mass is 283 g/mol. The molecule has 0 unspecified atom stereocenters. The summed E-state index contributed by atoms with van der Waals surface area (Å²) in [4.78, 5) is 1.22. The summed E-state index contributed by atoms with van der Waals surface area (Å²) in [5.74, 6) is 2.77. The molecule has 0 spiro atoms. The first-order chi connectivity index (χ1) is 9.40. The fraction of sp³-hybridized carbons (Fsp3) is 0.571. The Labute approximate surface area is 118 Å². The van der Waals surface area contributed by atoms with Crippen molar-refractivity contribution >= 4 is 11.8 Å². The molecular weight excluding hydrogens is 262 g/mol. The first-order valence-corrected chi connectivity index (χ1v) is 7.61. The lowest BCUT2D eigenvalue weighted by atomic mass is 10.3. The lowest BCUT2D eigenvalue weighted by Crippen LogP contribution is -2.19. The average Bonchev–Trinajstić information content (AvgIpc) is 2.46. The minimum absolute atomic E-state index is 0.641. The SMILES string of the molecule is COCCCNCCSc1ccc2c(c1)OCCO2. The highest BCUT2D eigenvalue weighted by Crippen LogP contribution is 2.33. The maximum atomic E-state index is 5.57. The Hall–Kier alpha value is -0.910. The van der Waals surface area contributed by atoms with E-state index in [1.807, 2.05) is 17.8 Å². The van der Waals surface area contributed by atoms with Crippen LogP contribution in [0.3, 0.4) is 0 Å². The first kappa shape index (κ1) is 14.5. The molecule has 0 aromatic heterocycles. The zero-order valence-corrected chi connectivity index (χ0v) is 12.1. The van der Waals surface area contributed by atoms with E-state index in [0.29, 0.717) is 13.2 Å². The molecule has 1 aromatic carbocycles. The second kappa shape index (κ2) is 8.30. The van der Waals surface area contributed by atoms with Gasteiger partial charge in [-0.1, -0.05) is 0 Å². The number of hydrogen-bond acceptors (Lipinski definition) is 5. The molecule has 0 saturated carbocycles. The molecule has 1 aliphatic rings. The number of fused-ring (bicyclic) bond motifs is 1. The zero-order chi connectivity index (χ0) is 13.3. The van der Waals surface area contributed by atoms with E-state index in [-0.39, 0.29) is 0 Å². The summed E-state index contributed by atoms with van der Waals surface area (Å²) in [7, 11) is 1.73. The van der Waals surface area contributed by atoms with Crippen molar-refractivity contribution < 1.29 is 14.2 Å². The van der Waals surface area contributed by atoms with Gasteiger partial charge < -0.3 is 19.5 Å². The van der Waals surface area contributed by atoms with Crippen molar-refractivity contribution in [3.8, 4) is 11.5 Å². The molecule has 0 saturated heterocycles. The van der Waals surface area contributed by atoms with Crippen molar-refractivity contribution in [1.29, 1.82) is 0 Å². The van der Waals surface area contributed by atoms with Gasteiger partial charge in [0.1, 0.15) is 13.2 Å². The maximum absolute atomic E-state index is 5.57. The largest absolute Gasteiger partial charge is 0.486 e. The molecule has 0 atom stereocenters. The minimum atomic E-state index is 0.641. The topological polar surface area (TPSA) is 39.7 Å². The van der Waals surface area contributed by atoms with Crippen molar-refractivity contribution in [1.82, 2.24) is 5.32 Å². The molecule has 1 aromatic rings. The predicted molar refractivity (Wildman–Crippen MR) is 77.5 cm³/mol. The third kappa shape index (κ3) is 4.93. The molecular formula is C14H21NO3S. The van der Waals surface area contributed by atoms with Gasteiger partial charge in [0.15, 0.2) is 11.5 Å². The van der Waals surface area contributed by atoms with Crippen LogP contribution in [0.2, 0.25) is 0 Å². The molecule has 2 rings (SSSR count). The Morgan fingerprint density at radius 1 is 1.21 bits per heavy atom. The van der Waals surface area contributed by atoms with E-state index in [4.69, 9.17) is 14.2 Å². The van der Waals surface area contributed by atoms with Crippen LogP contribution in [0.25, 0.3) is 0 Å². The van der Waals surface area contributed by atoms with Crippen molar-refractivity contribution in [2.24, 2.45) is 0 Å². The van der Waals surface area contributed by atoms with Crippen LogP contribution in [0.5, 0.6) is 11.5 Å². The van der Waals surface area contributed by atoms with Crippen LogP contribution >= 0.6 is 11.8 Å². The quantitative estimate of drug-likeness (QED) is 0.585. The molecule has 19 heavy (non-hydrogen) atoms. The Morgan fingerprint density at radius 2 is 2.05 bits per heavy atom. The molecule has 1 aliphatic heterocycles. The first-order valence-electron chi connectivity index (χ1n) is 6.62. The molecule has 0 fully saturated rings. The van der Waals surface area contributed by atoms with Crippen LogP contribution in [0, 0.1) is 0 Å².